The summed E-state index contributed by atoms with van der Waals surface area (Å²) in [6.45, 7) is 0. The van der Waals surface area contributed by atoms with Crippen molar-refractivity contribution in [3.63, 3.8) is 0 Å². The van der Waals surface area contributed by atoms with Crippen LogP contribution in [0.1, 0.15) is 0 Å². The Bertz CT molecular complexity index is 687. The molecule has 3 rings (SSSR count). The van der Waals surface area contributed by atoms with Gasteiger partial charge in [0, 0.05) is 23.3 Å². The predicted octanol–water partition coefficient (Wildman–Crippen LogP) is 2.05. The summed E-state index contributed by atoms with van der Waals surface area (Å²) in [4.78, 5) is 15.7. The molecule has 3 aromatic rings. The first-order valence-corrected chi connectivity index (χ1v) is 5.59. The van der Waals surface area contributed by atoms with Gasteiger partial charge in [0.1, 0.15) is 0 Å². The van der Waals surface area contributed by atoms with Crippen LogP contribution in [-0.4, -0.2) is 15.2 Å². The minimum atomic E-state index is -0.148. The highest BCUT2D eigenvalue weighted by molar-refractivity contribution is 7.17. The number of fused-ring (bicyclic) bond motifs is 1. The third-order valence-corrected chi connectivity index (χ3v) is 3.30. The first-order valence-electron chi connectivity index (χ1n) is 4.71. The van der Waals surface area contributed by atoms with Crippen molar-refractivity contribution in [3.8, 4) is 11.1 Å². The second kappa shape index (κ2) is 3.53. The van der Waals surface area contributed by atoms with Crippen LogP contribution in [0, 0.1) is 0 Å². The summed E-state index contributed by atoms with van der Waals surface area (Å²) in [6.07, 6.45) is 5.11. The Morgan fingerprint density at radius 3 is 2.88 bits per heavy atom. The van der Waals surface area contributed by atoms with E-state index < -0.39 is 0 Å². The van der Waals surface area contributed by atoms with E-state index in [0.29, 0.717) is 5.39 Å². The number of pyridine rings is 1. The number of nitrogens with zero attached hydrogens (tertiary/aromatic N) is 2. The Balaban J connectivity index is 2.38. The van der Waals surface area contributed by atoms with Crippen LogP contribution in [0.2, 0.25) is 0 Å². The van der Waals surface area contributed by atoms with E-state index in [2.05, 4.69) is 15.2 Å². The second-order valence-electron chi connectivity index (χ2n) is 3.32. The van der Waals surface area contributed by atoms with Crippen molar-refractivity contribution in [2.24, 2.45) is 0 Å². The smallest absolute Gasteiger partial charge is 0.267 e. The van der Waals surface area contributed by atoms with Crippen LogP contribution in [0.4, 0.5) is 0 Å². The van der Waals surface area contributed by atoms with E-state index in [1.54, 1.807) is 18.6 Å². The molecule has 0 spiro atoms. The maximum Gasteiger partial charge on any atom is 0.273 e. The Morgan fingerprint density at radius 2 is 2.06 bits per heavy atom. The Kier molecular flexibility index (Phi) is 2.04. The zero-order valence-corrected chi connectivity index (χ0v) is 8.99. The number of rotatable bonds is 1. The van der Waals surface area contributed by atoms with Gasteiger partial charge >= 0.3 is 0 Å². The van der Waals surface area contributed by atoms with Crippen molar-refractivity contribution in [3.05, 3.63) is 46.5 Å². The van der Waals surface area contributed by atoms with Gasteiger partial charge in [0.2, 0.25) is 0 Å². The summed E-state index contributed by atoms with van der Waals surface area (Å²) in [6, 6.07) is 3.78. The molecule has 0 aromatic carbocycles. The van der Waals surface area contributed by atoms with E-state index in [4.69, 9.17) is 0 Å². The standard InChI is InChI=1S/C11H7N3OS/c15-11-10-8(7-1-3-12-4-2-7)6-16-9(10)5-13-14-11/h1-6H,(H,14,15). The Morgan fingerprint density at radius 1 is 1.25 bits per heavy atom. The number of nitrogens with one attached hydrogen (secondary N) is 1. The summed E-state index contributed by atoms with van der Waals surface area (Å²) in [5.41, 5.74) is 1.79. The molecule has 0 saturated carbocycles. The first-order chi connectivity index (χ1) is 7.86. The van der Waals surface area contributed by atoms with Crippen molar-refractivity contribution in [2.75, 3.05) is 0 Å². The van der Waals surface area contributed by atoms with E-state index in [0.717, 1.165) is 15.8 Å². The zero-order chi connectivity index (χ0) is 11.0. The van der Waals surface area contributed by atoms with Crippen LogP contribution in [0.25, 0.3) is 21.2 Å². The lowest BCUT2D eigenvalue weighted by atomic mass is 10.1. The highest BCUT2D eigenvalue weighted by Crippen LogP contribution is 2.30. The van der Waals surface area contributed by atoms with Gasteiger partial charge in [0.15, 0.2) is 0 Å². The number of thiophene rings is 1. The van der Waals surface area contributed by atoms with E-state index in [9.17, 15) is 4.79 Å². The summed E-state index contributed by atoms with van der Waals surface area (Å²) >= 11 is 1.52. The fourth-order valence-corrected chi connectivity index (χ4v) is 2.58. The van der Waals surface area contributed by atoms with Gasteiger partial charge in [-0.05, 0) is 17.7 Å². The van der Waals surface area contributed by atoms with Crippen molar-refractivity contribution in [1.29, 1.82) is 0 Å². The molecule has 0 amide bonds. The van der Waals surface area contributed by atoms with Gasteiger partial charge in [-0.15, -0.1) is 11.3 Å². The van der Waals surface area contributed by atoms with Crippen LogP contribution in [0.3, 0.4) is 0 Å². The third kappa shape index (κ3) is 1.33. The first kappa shape index (κ1) is 9.23. The highest BCUT2D eigenvalue weighted by Gasteiger charge is 2.09. The topological polar surface area (TPSA) is 58.6 Å². The van der Waals surface area contributed by atoms with Crippen LogP contribution >= 0.6 is 11.3 Å². The Labute approximate surface area is 94.6 Å². The molecular weight excluding hydrogens is 222 g/mol. The largest absolute Gasteiger partial charge is 0.273 e. The zero-order valence-electron chi connectivity index (χ0n) is 8.18. The molecule has 3 heterocycles. The SMILES string of the molecule is O=c1[nH]ncc2scc(-c3ccncc3)c12. The molecule has 0 aliphatic heterocycles. The predicted molar refractivity (Wildman–Crippen MR) is 63.5 cm³/mol. The minimum absolute atomic E-state index is 0.148. The molecule has 1 N–H and O–H groups in total. The maximum atomic E-state index is 11.7. The molecule has 4 nitrogen and oxygen atoms in total. The monoisotopic (exact) mass is 229 g/mol. The van der Waals surface area contributed by atoms with E-state index in [1.807, 2.05) is 17.5 Å². The van der Waals surface area contributed by atoms with Gasteiger partial charge in [0.05, 0.1) is 16.3 Å². The van der Waals surface area contributed by atoms with Crippen molar-refractivity contribution in [1.82, 2.24) is 15.2 Å². The van der Waals surface area contributed by atoms with Gasteiger partial charge in [0.25, 0.3) is 5.56 Å². The molecule has 0 saturated heterocycles. The van der Waals surface area contributed by atoms with Gasteiger partial charge in [-0.2, -0.15) is 5.10 Å². The lowest BCUT2D eigenvalue weighted by molar-refractivity contribution is 1.01. The lowest BCUT2D eigenvalue weighted by Gasteiger charge is -1.97. The number of aromatic amines is 1. The minimum Gasteiger partial charge on any atom is -0.267 e. The fraction of sp³-hybridized carbons (Fsp3) is 0. The molecule has 3 aromatic heterocycles. The molecular formula is C11H7N3OS. The van der Waals surface area contributed by atoms with Crippen LogP contribution < -0.4 is 5.56 Å². The summed E-state index contributed by atoms with van der Waals surface area (Å²) < 4.78 is 0.899. The van der Waals surface area contributed by atoms with Crippen LogP contribution in [0.5, 0.6) is 0 Å². The van der Waals surface area contributed by atoms with Gasteiger partial charge in [-0.25, -0.2) is 5.10 Å². The fourth-order valence-electron chi connectivity index (χ4n) is 1.65. The number of aromatic nitrogens is 3. The van der Waals surface area contributed by atoms with Crippen molar-refractivity contribution in [2.45, 2.75) is 0 Å². The number of H-pyrrole nitrogens is 1. The molecule has 5 heteroatoms. The van der Waals surface area contributed by atoms with Crippen LogP contribution in [-0.2, 0) is 0 Å². The molecule has 0 aliphatic carbocycles. The number of hydrogen-bond acceptors (Lipinski definition) is 4. The van der Waals surface area contributed by atoms with Crippen molar-refractivity contribution < 1.29 is 0 Å². The summed E-state index contributed by atoms with van der Waals surface area (Å²) in [7, 11) is 0. The van der Waals surface area contributed by atoms with Gasteiger partial charge in [-0.3, -0.25) is 9.78 Å². The van der Waals surface area contributed by atoms with Gasteiger partial charge < -0.3 is 0 Å². The van der Waals surface area contributed by atoms with Gasteiger partial charge in [-0.1, -0.05) is 0 Å². The van der Waals surface area contributed by atoms with Crippen LogP contribution in [0.15, 0.2) is 40.9 Å². The molecule has 0 atom stereocenters. The van der Waals surface area contributed by atoms with Crippen molar-refractivity contribution >= 4 is 21.4 Å². The van der Waals surface area contributed by atoms with E-state index in [1.165, 1.54) is 11.3 Å². The van der Waals surface area contributed by atoms with E-state index >= 15 is 0 Å². The average molecular weight is 229 g/mol. The number of hydrogen-bond donors (Lipinski definition) is 1. The molecule has 0 bridgehead atoms. The molecule has 0 aliphatic rings. The molecule has 0 fully saturated rings. The summed E-state index contributed by atoms with van der Waals surface area (Å²) in [5.74, 6) is 0. The quantitative estimate of drug-likeness (QED) is 0.694. The highest BCUT2D eigenvalue weighted by atomic mass is 32.1. The maximum absolute atomic E-state index is 11.7. The second-order valence-corrected chi connectivity index (χ2v) is 4.23. The molecule has 0 radical (unpaired) electrons. The molecule has 78 valence electrons. The normalized spacial score (nSPS) is 10.8. The lowest BCUT2D eigenvalue weighted by Crippen LogP contribution is -2.06. The molecule has 16 heavy (non-hydrogen) atoms. The Hall–Kier alpha value is -2.01. The molecule has 0 unspecified atom stereocenters. The average Bonchev–Trinajstić information content (AvgIpc) is 2.75. The summed E-state index contributed by atoms with van der Waals surface area (Å²) in [5, 5.41) is 8.91. The van der Waals surface area contributed by atoms with E-state index in [-0.39, 0.29) is 5.56 Å². The third-order valence-electron chi connectivity index (χ3n) is 2.39.